The molecule has 0 fully saturated rings. The van der Waals surface area contributed by atoms with E-state index in [0.717, 1.165) is 16.2 Å². The fourth-order valence-corrected chi connectivity index (χ4v) is 2.51. The highest BCUT2D eigenvalue weighted by atomic mass is 32.2. The molecule has 1 unspecified atom stereocenters. The normalized spacial score (nSPS) is 11.8. The first kappa shape index (κ1) is 17.1. The molecule has 0 aliphatic rings. The lowest BCUT2D eigenvalue weighted by Gasteiger charge is -2.18. The third-order valence-corrected chi connectivity index (χ3v) is 4.10. The van der Waals surface area contributed by atoms with Crippen LogP contribution in [0.25, 0.3) is 0 Å². The number of methoxy groups -OCH3 is 1. The van der Waals surface area contributed by atoms with E-state index in [1.165, 1.54) is 7.11 Å². The van der Waals surface area contributed by atoms with Crippen LogP contribution >= 0.6 is 11.8 Å². The number of hydrogen-bond acceptors (Lipinski definition) is 5. The topological polar surface area (TPSA) is 84.1 Å². The number of esters is 1. The second kappa shape index (κ2) is 7.82. The number of carbonyl (C=O) groups is 2. The smallest absolute Gasteiger partial charge is 0.307 e. The van der Waals surface area contributed by atoms with Crippen LogP contribution < -0.4 is 5.32 Å². The molecule has 122 valence electrons. The van der Waals surface area contributed by atoms with E-state index in [1.807, 2.05) is 37.4 Å². The number of thioether (sulfide) groups is 1. The predicted molar refractivity (Wildman–Crippen MR) is 88.4 cm³/mol. The number of ether oxygens (including phenoxy) is 1. The minimum atomic E-state index is -0.470. The van der Waals surface area contributed by atoms with E-state index >= 15 is 0 Å². The minimum absolute atomic E-state index is 0.0598. The van der Waals surface area contributed by atoms with Crippen molar-refractivity contribution in [3.05, 3.63) is 47.3 Å². The Morgan fingerprint density at radius 2 is 2.04 bits per heavy atom. The van der Waals surface area contributed by atoms with Gasteiger partial charge in [-0.1, -0.05) is 12.1 Å². The Labute approximate surface area is 139 Å². The average molecular weight is 333 g/mol. The summed E-state index contributed by atoms with van der Waals surface area (Å²) in [6, 6.07) is 8.89. The second-order valence-electron chi connectivity index (χ2n) is 5.02. The maximum atomic E-state index is 12.3. The Kier molecular flexibility index (Phi) is 5.81. The van der Waals surface area contributed by atoms with Crippen molar-refractivity contribution < 1.29 is 14.3 Å². The van der Waals surface area contributed by atoms with Crippen LogP contribution in [0.1, 0.15) is 34.2 Å². The number of H-pyrrole nitrogens is 1. The van der Waals surface area contributed by atoms with Crippen molar-refractivity contribution in [3.63, 3.8) is 0 Å². The molecule has 2 aromatic rings. The molecule has 2 rings (SSSR count). The molecule has 0 saturated carbocycles. The Hall–Kier alpha value is -2.28. The number of nitrogens with zero attached hydrogens (tertiary/aromatic N) is 1. The Morgan fingerprint density at radius 1 is 1.35 bits per heavy atom. The van der Waals surface area contributed by atoms with Crippen molar-refractivity contribution >= 4 is 23.6 Å². The molecule has 23 heavy (non-hydrogen) atoms. The van der Waals surface area contributed by atoms with E-state index in [0.29, 0.717) is 0 Å². The van der Waals surface area contributed by atoms with Crippen molar-refractivity contribution in [2.75, 3.05) is 13.4 Å². The van der Waals surface area contributed by atoms with Crippen LogP contribution in [0.3, 0.4) is 0 Å². The standard InChI is InChI=1S/C16H19N3O3S/c1-10-8-14(19-18-10)16(21)17-13(9-15(20)22-2)11-4-6-12(23-3)7-5-11/h4-8,13H,9H2,1-3H3,(H,17,21)(H,18,19). The van der Waals surface area contributed by atoms with Gasteiger partial charge in [0.1, 0.15) is 5.69 Å². The molecule has 0 aliphatic heterocycles. The summed E-state index contributed by atoms with van der Waals surface area (Å²) in [6.45, 7) is 1.82. The third kappa shape index (κ3) is 4.59. The summed E-state index contributed by atoms with van der Waals surface area (Å²) in [7, 11) is 1.33. The molecule has 6 nitrogen and oxygen atoms in total. The third-order valence-electron chi connectivity index (χ3n) is 3.36. The summed E-state index contributed by atoms with van der Waals surface area (Å²) >= 11 is 1.63. The SMILES string of the molecule is COC(=O)CC(NC(=O)c1cc(C)[nH]n1)c1ccc(SC)cc1. The van der Waals surface area contributed by atoms with Gasteiger partial charge in [0.05, 0.1) is 19.6 Å². The summed E-state index contributed by atoms with van der Waals surface area (Å²) in [5.74, 6) is -0.723. The van der Waals surface area contributed by atoms with E-state index in [-0.39, 0.29) is 24.0 Å². The number of aromatic amines is 1. The van der Waals surface area contributed by atoms with Crippen LogP contribution in [-0.2, 0) is 9.53 Å². The first-order valence-electron chi connectivity index (χ1n) is 7.07. The van der Waals surface area contributed by atoms with E-state index < -0.39 is 6.04 Å². The van der Waals surface area contributed by atoms with Gasteiger partial charge in [-0.2, -0.15) is 5.10 Å². The van der Waals surface area contributed by atoms with Gasteiger partial charge < -0.3 is 10.1 Å². The molecule has 0 saturated heterocycles. The maximum Gasteiger partial charge on any atom is 0.307 e. The Balaban J connectivity index is 2.18. The van der Waals surface area contributed by atoms with Crippen LogP contribution in [0.2, 0.25) is 0 Å². The quantitative estimate of drug-likeness (QED) is 0.627. The first-order chi connectivity index (χ1) is 11.0. The molecule has 0 radical (unpaired) electrons. The van der Waals surface area contributed by atoms with E-state index in [2.05, 4.69) is 15.5 Å². The highest BCUT2D eigenvalue weighted by Crippen LogP contribution is 2.22. The zero-order valence-corrected chi connectivity index (χ0v) is 14.1. The van der Waals surface area contributed by atoms with Crippen LogP contribution in [0.15, 0.2) is 35.2 Å². The van der Waals surface area contributed by atoms with E-state index in [4.69, 9.17) is 4.74 Å². The summed E-state index contributed by atoms with van der Waals surface area (Å²) in [4.78, 5) is 25.0. The van der Waals surface area contributed by atoms with Gasteiger partial charge in [-0.15, -0.1) is 11.8 Å². The monoisotopic (exact) mass is 333 g/mol. The number of amides is 1. The Bertz CT molecular complexity index is 682. The summed E-state index contributed by atoms with van der Waals surface area (Å²) in [6.07, 6.45) is 2.05. The molecular formula is C16H19N3O3S. The lowest BCUT2D eigenvalue weighted by atomic mass is 10.0. The molecular weight excluding hydrogens is 314 g/mol. The fraction of sp³-hybridized carbons (Fsp3) is 0.312. The van der Waals surface area contributed by atoms with Gasteiger partial charge in [0, 0.05) is 10.6 Å². The number of rotatable bonds is 6. The molecule has 1 atom stereocenters. The van der Waals surface area contributed by atoms with Gasteiger partial charge in [-0.25, -0.2) is 0 Å². The molecule has 1 aromatic carbocycles. The summed E-state index contributed by atoms with van der Waals surface area (Å²) < 4.78 is 4.72. The highest BCUT2D eigenvalue weighted by Gasteiger charge is 2.21. The zero-order chi connectivity index (χ0) is 16.8. The number of aromatic nitrogens is 2. The molecule has 0 spiro atoms. The van der Waals surface area contributed by atoms with Crippen LogP contribution in [0.4, 0.5) is 0 Å². The first-order valence-corrected chi connectivity index (χ1v) is 8.29. The van der Waals surface area contributed by atoms with Gasteiger partial charge >= 0.3 is 5.97 Å². The number of carbonyl (C=O) groups excluding carboxylic acids is 2. The molecule has 1 amide bonds. The van der Waals surface area contributed by atoms with Gasteiger partial charge in [-0.3, -0.25) is 14.7 Å². The van der Waals surface area contributed by atoms with Gasteiger partial charge in [0.15, 0.2) is 0 Å². The van der Waals surface area contributed by atoms with Gasteiger partial charge in [-0.05, 0) is 36.9 Å². The average Bonchev–Trinajstić information content (AvgIpc) is 3.00. The number of hydrogen-bond donors (Lipinski definition) is 2. The molecule has 1 heterocycles. The summed E-state index contributed by atoms with van der Waals surface area (Å²) in [5, 5.41) is 9.49. The van der Waals surface area contributed by atoms with Crippen molar-refractivity contribution in [3.8, 4) is 0 Å². The van der Waals surface area contributed by atoms with Crippen molar-refractivity contribution in [2.24, 2.45) is 0 Å². The molecule has 1 aromatic heterocycles. The van der Waals surface area contributed by atoms with E-state index in [9.17, 15) is 9.59 Å². The number of aryl methyl sites for hydroxylation is 1. The molecule has 0 bridgehead atoms. The second-order valence-corrected chi connectivity index (χ2v) is 5.90. The Morgan fingerprint density at radius 3 is 2.57 bits per heavy atom. The minimum Gasteiger partial charge on any atom is -0.469 e. The fourth-order valence-electron chi connectivity index (χ4n) is 2.10. The molecule has 0 aliphatic carbocycles. The number of benzene rings is 1. The lowest BCUT2D eigenvalue weighted by molar-refractivity contribution is -0.141. The van der Waals surface area contributed by atoms with Gasteiger partial charge in [0.25, 0.3) is 5.91 Å². The van der Waals surface area contributed by atoms with Crippen molar-refractivity contribution in [1.82, 2.24) is 15.5 Å². The zero-order valence-electron chi connectivity index (χ0n) is 13.3. The molecule has 2 N–H and O–H groups in total. The van der Waals surface area contributed by atoms with Crippen molar-refractivity contribution in [1.29, 1.82) is 0 Å². The largest absolute Gasteiger partial charge is 0.469 e. The maximum absolute atomic E-state index is 12.3. The van der Waals surface area contributed by atoms with Crippen molar-refractivity contribution in [2.45, 2.75) is 24.3 Å². The number of nitrogens with one attached hydrogen (secondary N) is 2. The van der Waals surface area contributed by atoms with Gasteiger partial charge in [0.2, 0.25) is 0 Å². The highest BCUT2D eigenvalue weighted by molar-refractivity contribution is 7.98. The summed E-state index contributed by atoms with van der Waals surface area (Å²) in [5.41, 5.74) is 1.93. The lowest BCUT2D eigenvalue weighted by Crippen LogP contribution is -2.30. The van der Waals surface area contributed by atoms with E-state index in [1.54, 1.807) is 17.8 Å². The van der Waals surface area contributed by atoms with Crippen LogP contribution in [-0.4, -0.2) is 35.4 Å². The van der Waals surface area contributed by atoms with Crippen LogP contribution in [0.5, 0.6) is 0 Å². The van der Waals surface area contributed by atoms with Crippen LogP contribution in [0, 0.1) is 6.92 Å². The molecule has 7 heteroatoms. The predicted octanol–water partition coefficient (Wildman–Crippen LogP) is 2.47.